The monoisotopic (exact) mass is 427 g/mol. The molecule has 1 saturated heterocycles. The molecule has 3 rings (SSSR count). The summed E-state index contributed by atoms with van der Waals surface area (Å²) < 4.78 is 0. The Balaban J connectivity index is 1.62. The fraction of sp³-hybridized carbons (Fsp3) is 0.368. The van der Waals surface area contributed by atoms with Gasteiger partial charge in [0.15, 0.2) is 0 Å². The number of hydrogen-bond donors (Lipinski definition) is 0. The number of hydrogen-bond acceptors (Lipinski definition) is 3. The summed E-state index contributed by atoms with van der Waals surface area (Å²) in [6.45, 7) is 7.54. The number of aromatic nitrogens is 1. The van der Waals surface area contributed by atoms with Crippen LogP contribution in [-0.2, 0) is 6.42 Å². The molecule has 0 aliphatic carbocycles. The molecule has 0 radical (unpaired) electrons. The van der Waals surface area contributed by atoms with Gasteiger partial charge in [-0.3, -0.25) is 4.98 Å². The number of nitrogens with zero attached hydrogens (tertiary/aromatic N) is 3. The Kier molecular flexibility index (Phi) is 6.29. The highest BCUT2D eigenvalue weighted by Gasteiger charge is 2.21. The topological polar surface area (TPSA) is 19.4 Å². The van der Waals surface area contributed by atoms with E-state index in [0.29, 0.717) is 21.5 Å². The van der Waals surface area contributed by atoms with Crippen LogP contribution in [0, 0.1) is 13.8 Å². The van der Waals surface area contributed by atoms with Gasteiger partial charge in [0, 0.05) is 49.7 Å². The molecule has 0 atom stereocenters. The van der Waals surface area contributed by atoms with Crippen LogP contribution >= 0.6 is 47.0 Å². The van der Waals surface area contributed by atoms with E-state index in [4.69, 9.17) is 47.0 Å². The molecule has 1 fully saturated rings. The Labute approximate surface area is 174 Å². The first-order valence-electron chi connectivity index (χ1n) is 8.45. The zero-order chi connectivity index (χ0) is 18.8. The maximum Gasteiger partial charge on any atom is 0.0840 e. The van der Waals surface area contributed by atoms with E-state index in [2.05, 4.69) is 33.8 Å². The number of benzene rings is 1. The highest BCUT2D eigenvalue weighted by Crippen LogP contribution is 2.34. The SMILES string of the molecule is Cc1cc(C)nc(CC(=S)N2CCN(c3cc(Cl)c(Cl)c(Cl)c3)CC2)c1. The van der Waals surface area contributed by atoms with Crippen LogP contribution in [0.2, 0.25) is 15.1 Å². The maximum absolute atomic E-state index is 6.15. The second kappa shape index (κ2) is 8.30. The largest absolute Gasteiger partial charge is 0.368 e. The third-order valence-corrected chi connectivity index (χ3v) is 6.05. The van der Waals surface area contributed by atoms with Gasteiger partial charge in [-0.05, 0) is 43.7 Å². The molecule has 26 heavy (non-hydrogen) atoms. The summed E-state index contributed by atoms with van der Waals surface area (Å²) in [5.41, 5.74) is 4.28. The molecule has 0 amide bonds. The van der Waals surface area contributed by atoms with Gasteiger partial charge in [0.05, 0.1) is 20.1 Å². The van der Waals surface area contributed by atoms with Gasteiger partial charge in [0.2, 0.25) is 0 Å². The maximum atomic E-state index is 6.15. The lowest BCUT2D eigenvalue weighted by Gasteiger charge is -2.37. The molecule has 2 aromatic rings. The third kappa shape index (κ3) is 4.61. The number of thiocarbonyl (C=S) groups is 1. The Hall–Kier alpha value is -1.07. The Morgan fingerprint density at radius 2 is 1.62 bits per heavy atom. The van der Waals surface area contributed by atoms with Crippen molar-refractivity contribution in [2.24, 2.45) is 0 Å². The lowest BCUT2D eigenvalue weighted by Crippen LogP contribution is -2.48. The lowest BCUT2D eigenvalue weighted by molar-refractivity contribution is 0.387. The van der Waals surface area contributed by atoms with Crippen molar-refractivity contribution >= 4 is 57.7 Å². The fourth-order valence-electron chi connectivity index (χ4n) is 3.22. The van der Waals surface area contributed by atoms with Crippen molar-refractivity contribution in [2.75, 3.05) is 31.1 Å². The first-order chi connectivity index (χ1) is 12.3. The molecule has 1 aliphatic heterocycles. The van der Waals surface area contributed by atoms with Crippen molar-refractivity contribution in [2.45, 2.75) is 20.3 Å². The molecule has 0 bridgehead atoms. The summed E-state index contributed by atoms with van der Waals surface area (Å²) in [4.78, 5) is 10.0. The van der Waals surface area contributed by atoms with E-state index in [1.54, 1.807) is 0 Å². The molecule has 1 aliphatic rings. The molecule has 0 unspecified atom stereocenters. The Bertz CT molecular complexity index is 790. The predicted octanol–water partition coefficient (Wildman–Crippen LogP) is 5.35. The van der Waals surface area contributed by atoms with Crippen molar-refractivity contribution in [1.82, 2.24) is 9.88 Å². The molecular weight excluding hydrogens is 409 g/mol. The van der Waals surface area contributed by atoms with Gasteiger partial charge < -0.3 is 9.80 Å². The van der Waals surface area contributed by atoms with Crippen LogP contribution in [0.1, 0.15) is 17.0 Å². The second-order valence-corrected chi connectivity index (χ2v) is 8.21. The molecule has 3 nitrogen and oxygen atoms in total. The summed E-state index contributed by atoms with van der Waals surface area (Å²) in [6.07, 6.45) is 0.705. The minimum Gasteiger partial charge on any atom is -0.368 e. The van der Waals surface area contributed by atoms with Crippen LogP contribution in [0.5, 0.6) is 0 Å². The van der Waals surface area contributed by atoms with E-state index in [-0.39, 0.29) is 0 Å². The van der Waals surface area contributed by atoms with Crippen molar-refractivity contribution in [3.63, 3.8) is 0 Å². The normalized spacial score (nSPS) is 14.7. The second-order valence-electron chi connectivity index (χ2n) is 6.55. The van der Waals surface area contributed by atoms with E-state index in [1.165, 1.54) is 5.56 Å². The fourth-order valence-corrected chi connectivity index (χ4v) is 4.14. The number of halogens is 3. The van der Waals surface area contributed by atoms with Crippen molar-refractivity contribution in [1.29, 1.82) is 0 Å². The zero-order valence-corrected chi connectivity index (χ0v) is 17.8. The Morgan fingerprint density at radius 1 is 1.00 bits per heavy atom. The smallest absolute Gasteiger partial charge is 0.0840 e. The molecule has 0 spiro atoms. The molecular formula is C19H20Cl3N3S. The average molecular weight is 429 g/mol. The molecule has 2 heterocycles. The number of piperazine rings is 1. The third-order valence-electron chi connectivity index (χ3n) is 4.45. The van der Waals surface area contributed by atoms with Gasteiger partial charge in [-0.25, -0.2) is 0 Å². The first kappa shape index (κ1) is 19.7. The van der Waals surface area contributed by atoms with E-state index < -0.39 is 0 Å². The van der Waals surface area contributed by atoms with Gasteiger partial charge in [-0.2, -0.15) is 0 Å². The van der Waals surface area contributed by atoms with Gasteiger partial charge in [0.1, 0.15) is 0 Å². The summed E-state index contributed by atoms with van der Waals surface area (Å²) in [5.74, 6) is 0. The lowest BCUT2D eigenvalue weighted by atomic mass is 10.1. The number of aryl methyl sites for hydroxylation is 2. The van der Waals surface area contributed by atoms with Crippen molar-refractivity contribution in [3.05, 3.63) is 56.3 Å². The standard InChI is InChI=1S/C19H20Cl3N3S/c1-12-7-13(2)23-14(8-12)9-18(26)25-5-3-24(4-6-25)15-10-16(20)19(22)17(21)11-15/h7-8,10-11H,3-6,9H2,1-2H3. The van der Waals surface area contributed by atoms with Crippen molar-refractivity contribution < 1.29 is 0 Å². The van der Waals surface area contributed by atoms with Crippen LogP contribution in [0.4, 0.5) is 5.69 Å². The predicted molar refractivity (Wildman–Crippen MR) is 115 cm³/mol. The van der Waals surface area contributed by atoms with Gasteiger partial charge in [-0.15, -0.1) is 0 Å². The molecule has 1 aromatic carbocycles. The van der Waals surface area contributed by atoms with Crippen LogP contribution in [0.25, 0.3) is 0 Å². The first-order valence-corrected chi connectivity index (χ1v) is 9.99. The summed E-state index contributed by atoms with van der Waals surface area (Å²) in [5, 5.41) is 1.36. The zero-order valence-electron chi connectivity index (χ0n) is 14.7. The number of anilines is 1. The average Bonchev–Trinajstić information content (AvgIpc) is 2.58. The number of rotatable bonds is 3. The van der Waals surface area contributed by atoms with E-state index in [9.17, 15) is 0 Å². The molecule has 0 saturated carbocycles. The summed E-state index contributed by atoms with van der Waals surface area (Å²) in [7, 11) is 0. The van der Waals surface area contributed by atoms with Crippen molar-refractivity contribution in [3.8, 4) is 0 Å². The Morgan fingerprint density at radius 3 is 2.19 bits per heavy atom. The van der Waals surface area contributed by atoms with Crippen LogP contribution < -0.4 is 4.90 Å². The highest BCUT2D eigenvalue weighted by atomic mass is 35.5. The molecule has 0 N–H and O–H groups in total. The highest BCUT2D eigenvalue weighted by molar-refractivity contribution is 7.80. The van der Waals surface area contributed by atoms with Gasteiger partial charge in [-0.1, -0.05) is 47.0 Å². The molecule has 7 heteroatoms. The van der Waals surface area contributed by atoms with Crippen LogP contribution in [0.15, 0.2) is 24.3 Å². The van der Waals surface area contributed by atoms with Gasteiger partial charge in [0.25, 0.3) is 0 Å². The van der Waals surface area contributed by atoms with E-state index in [0.717, 1.165) is 48.2 Å². The quantitative estimate of drug-likeness (QED) is 0.484. The minimum absolute atomic E-state index is 0.401. The summed E-state index contributed by atoms with van der Waals surface area (Å²) >= 11 is 24.0. The molecule has 1 aromatic heterocycles. The van der Waals surface area contributed by atoms with E-state index in [1.807, 2.05) is 19.1 Å². The minimum atomic E-state index is 0.401. The van der Waals surface area contributed by atoms with E-state index >= 15 is 0 Å². The van der Waals surface area contributed by atoms with Crippen LogP contribution in [0.3, 0.4) is 0 Å². The van der Waals surface area contributed by atoms with Gasteiger partial charge >= 0.3 is 0 Å². The summed E-state index contributed by atoms with van der Waals surface area (Å²) in [6, 6.07) is 7.91. The number of pyridine rings is 1. The molecule has 138 valence electrons. The van der Waals surface area contributed by atoms with Crippen LogP contribution in [-0.4, -0.2) is 41.1 Å².